The Hall–Kier alpha value is -1.51. The van der Waals surface area contributed by atoms with Gasteiger partial charge in [-0.3, -0.25) is 10.1 Å². The summed E-state index contributed by atoms with van der Waals surface area (Å²) in [6.07, 6.45) is 0.864. The van der Waals surface area contributed by atoms with Gasteiger partial charge in [0.2, 0.25) is 10.0 Å². The summed E-state index contributed by atoms with van der Waals surface area (Å²) >= 11 is 0. The molecule has 2 aliphatic rings. The molecule has 0 unspecified atom stereocenters. The number of rotatable bonds is 3. The Morgan fingerprint density at radius 1 is 1.38 bits per heavy atom. The summed E-state index contributed by atoms with van der Waals surface area (Å²) in [7, 11) is -3.60. The maximum absolute atomic E-state index is 12.8. The van der Waals surface area contributed by atoms with Crippen molar-refractivity contribution in [2.45, 2.75) is 24.3 Å². The van der Waals surface area contributed by atoms with Gasteiger partial charge in [0.15, 0.2) is 0 Å². The first-order valence-corrected chi connectivity index (χ1v) is 8.33. The molecule has 1 N–H and O–H groups in total. The van der Waals surface area contributed by atoms with Crippen molar-refractivity contribution in [1.82, 2.24) is 9.62 Å². The van der Waals surface area contributed by atoms with Crippen LogP contribution in [0.4, 0.5) is 5.69 Å². The van der Waals surface area contributed by atoms with Gasteiger partial charge in [-0.1, -0.05) is 0 Å². The molecule has 2 heterocycles. The van der Waals surface area contributed by atoms with E-state index in [1.807, 2.05) is 0 Å². The Bertz CT molecular complexity index is 689. The van der Waals surface area contributed by atoms with E-state index >= 15 is 0 Å². The average molecular weight is 311 g/mol. The van der Waals surface area contributed by atoms with E-state index in [2.05, 4.69) is 5.32 Å². The van der Waals surface area contributed by atoms with Crippen LogP contribution in [0.3, 0.4) is 0 Å². The average Bonchev–Trinajstić information content (AvgIpc) is 2.99. The molecule has 2 fully saturated rings. The number of hydrogen-bond acceptors (Lipinski definition) is 5. The maximum atomic E-state index is 12.8. The fourth-order valence-corrected chi connectivity index (χ4v) is 5.18. The minimum atomic E-state index is -3.60. The smallest absolute Gasteiger partial charge is 0.269 e. The molecule has 3 rings (SSSR count). The molecule has 0 bridgehead atoms. The Morgan fingerprint density at radius 2 is 2.14 bits per heavy atom. The Balaban J connectivity index is 1.97. The summed E-state index contributed by atoms with van der Waals surface area (Å²) in [5.74, 6) is 0.373. The first-order chi connectivity index (χ1) is 9.91. The molecule has 0 amide bonds. The number of nitro groups is 1. The van der Waals surface area contributed by atoms with Crippen molar-refractivity contribution in [2.75, 3.05) is 19.6 Å². The fraction of sp³-hybridized carbons (Fsp3) is 0.538. The molecule has 114 valence electrons. The highest BCUT2D eigenvalue weighted by atomic mass is 32.2. The second-order valence-electron chi connectivity index (χ2n) is 5.60. The number of non-ortho nitro benzene ring substituents is 1. The molecular weight excluding hydrogens is 294 g/mol. The summed E-state index contributed by atoms with van der Waals surface area (Å²) in [6, 6.07) is 3.91. The van der Waals surface area contributed by atoms with Crippen LogP contribution < -0.4 is 5.32 Å². The number of hydrogen-bond donors (Lipinski definition) is 1. The van der Waals surface area contributed by atoms with Crippen molar-refractivity contribution >= 4 is 15.7 Å². The molecule has 21 heavy (non-hydrogen) atoms. The summed E-state index contributed by atoms with van der Waals surface area (Å²) in [4.78, 5) is 10.4. The molecule has 0 spiro atoms. The van der Waals surface area contributed by atoms with E-state index in [1.165, 1.54) is 18.2 Å². The van der Waals surface area contributed by atoms with Gasteiger partial charge in [0.25, 0.3) is 5.69 Å². The highest BCUT2D eigenvalue weighted by molar-refractivity contribution is 7.89. The van der Waals surface area contributed by atoms with Crippen LogP contribution >= 0.6 is 0 Å². The number of nitro benzene ring substituents is 1. The predicted molar refractivity (Wildman–Crippen MR) is 76.5 cm³/mol. The van der Waals surface area contributed by atoms with Crippen LogP contribution in [0.15, 0.2) is 23.1 Å². The molecule has 2 saturated heterocycles. The molecular formula is C13H17N3O4S. The molecule has 7 nitrogen and oxygen atoms in total. The van der Waals surface area contributed by atoms with Gasteiger partial charge in [-0.25, -0.2) is 8.42 Å². The molecule has 1 aromatic carbocycles. The third-order valence-electron chi connectivity index (χ3n) is 4.35. The lowest BCUT2D eigenvalue weighted by molar-refractivity contribution is -0.385. The first kappa shape index (κ1) is 14.4. The van der Waals surface area contributed by atoms with Crippen molar-refractivity contribution in [3.63, 3.8) is 0 Å². The highest BCUT2D eigenvalue weighted by Crippen LogP contribution is 2.33. The van der Waals surface area contributed by atoms with Gasteiger partial charge < -0.3 is 5.32 Å². The second-order valence-corrected chi connectivity index (χ2v) is 7.46. The van der Waals surface area contributed by atoms with Crippen LogP contribution in [-0.4, -0.2) is 43.3 Å². The zero-order valence-corrected chi connectivity index (χ0v) is 12.5. The van der Waals surface area contributed by atoms with Gasteiger partial charge in [0.05, 0.1) is 9.82 Å². The molecule has 2 atom stereocenters. The Morgan fingerprint density at radius 3 is 2.81 bits per heavy atom. The number of sulfonamides is 1. The second kappa shape index (κ2) is 5.04. The third-order valence-corrected chi connectivity index (χ3v) is 6.43. The lowest BCUT2D eigenvalue weighted by Crippen LogP contribution is -2.39. The molecule has 2 aliphatic heterocycles. The van der Waals surface area contributed by atoms with Gasteiger partial charge in [-0.05, 0) is 37.4 Å². The van der Waals surface area contributed by atoms with E-state index in [1.54, 1.807) is 11.2 Å². The number of benzene rings is 1. The van der Waals surface area contributed by atoms with Crippen LogP contribution in [0.5, 0.6) is 0 Å². The van der Waals surface area contributed by atoms with Gasteiger partial charge in [-0.2, -0.15) is 4.31 Å². The van der Waals surface area contributed by atoms with Gasteiger partial charge in [-0.15, -0.1) is 0 Å². The van der Waals surface area contributed by atoms with Crippen molar-refractivity contribution in [3.8, 4) is 0 Å². The SMILES string of the molecule is Cc1cc([N+](=O)[O-])ccc1S(=O)(=O)N1CC[C@H]2CNC[C@H]21. The van der Waals surface area contributed by atoms with E-state index in [0.29, 0.717) is 24.6 Å². The summed E-state index contributed by atoms with van der Waals surface area (Å²) < 4.78 is 27.2. The van der Waals surface area contributed by atoms with Crippen molar-refractivity contribution in [3.05, 3.63) is 33.9 Å². The summed E-state index contributed by atoms with van der Waals surface area (Å²) in [6.45, 7) is 3.65. The standard InChI is InChI=1S/C13H17N3O4S/c1-9-6-11(16(17)18)2-3-13(9)21(19,20)15-5-4-10-7-14-8-12(10)15/h2-3,6,10,12,14H,4-5,7-8H2,1H3/t10-,12+/m0/s1. The quantitative estimate of drug-likeness (QED) is 0.661. The van der Waals surface area contributed by atoms with Gasteiger partial charge in [0, 0.05) is 31.3 Å². The van der Waals surface area contributed by atoms with Crippen LogP contribution in [0.25, 0.3) is 0 Å². The van der Waals surface area contributed by atoms with Crippen LogP contribution in [-0.2, 0) is 10.0 Å². The van der Waals surface area contributed by atoms with Crippen LogP contribution in [0, 0.1) is 23.0 Å². The molecule has 0 radical (unpaired) electrons. The fourth-order valence-electron chi connectivity index (χ4n) is 3.27. The van der Waals surface area contributed by atoms with Crippen molar-refractivity contribution in [1.29, 1.82) is 0 Å². The third kappa shape index (κ3) is 2.33. The first-order valence-electron chi connectivity index (χ1n) is 6.89. The minimum absolute atomic E-state index is 0.00425. The number of nitrogens with one attached hydrogen (secondary N) is 1. The van der Waals surface area contributed by atoms with Gasteiger partial charge >= 0.3 is 0 Å². The predicted octanol–water partition coefficient (Wildman–Crippen LogP) is 0.886. The number of fused-ring (bicyclic) bond motifs is 1. The van der Waals surface area contributed by atoms with Crippen LogP contribution in [0.2, 0.25) is 0 Å². The molecule has 8 heteroatoms. The monoisotopic (exact) mass is 311 g/mol. The van der Waals surface area contributed by atoms with Crippen molar-refractivity contribution < 1.29 is 13.3 Å². The highest BCUT2D eigenvalue weighted by Gasteiger charge is 2.44. The molecule has 1 aromatic rings. The topological polar surface area (TPSA) is 92.5 Å². The number of nitrogens with zero attached hydrogens (tertiary/aromatic N) is 2. The summed E-state index contributed by atoms with van der Waals surface area (Å²) in [5.41, 5.74) is 0.326. The largest absolute Gasteiger partial charge is 0.315 e. The molecule has 0 aromatic heterocycles. The lowest BCUT2D eigenvalue weighted by Gasteiger charge is -2.23. The van der Waals surface area contributed by atoms with E-state index in [-0.39, 0.29) is 16.6 Å². The van der Waals surface area contributed by atoms with E-state index in [0.717, 1.165) is 13.0 Å². The minimum Gasteiger partial charge on any atom is -0.315 e. The van der Waals surface area contributed by atoms with Crippen molar-refractivity contribution in [2.24, 2.45) is 5.92 Å². The summed E-state index contributed by atoms with van der Waals surface area (Å²) in [5, 5.41) is 14.0. The Labute approximate surface area is 123 Å². The van der Waals surface area contributed by atoms with E-state index in [4.69, 9.17) is 0 Å². The zero-order chi connectivity index (χ0) is 15.2. The maximum Gasteiger partial charge on any atom is 0.269 e. The molecule has 0 aliphatic carbocycles. The molecule has 0 saturated carbocycles. The number of aryl methyl sites for hydroxylation is 1. The van der Waals surface area contributed by atoms with Gasteiger partial charge in [0.1, 0.15) is 0 Å². The Kier molecular flexibility index (Phi) is 3.46. The zero-order valence-electron chi connectivity index (χ0n) is 11.7. The van der Waals surface area contributed by atoms with E-state index < -0.39 is 14.9 Å². The lowest BCUT2D eigenvalue weighted by atomic mass is 10.1. The van der Waals surface area contributed by atoms with E-state index in [9.17, 15) is 18.5 Å². The van der Waals surface area contributed by atoms with Crippen LogP contribution in [0.1, 0.15) is 12.0 Å². The normalized spacial score (nSPS) is 26.0.